The van der Waals surface area contributed by atoms with Gasteiger partial charge >= 0.3 is 6.03 Å². The number of pyridine rings is 1. The van der Waals surface area contributed by atoms with Crippen LogP contribution in [0.5, 0.6) is 0 Å². The summed E-state index contributed by atoms with van der Waals surface area (Å²) in [5.74, 6) is -0.253. The molecule has 0 radical (unpaired) electrons. The minimum Gasteiger partial charge on any atom is -0.319 e. The number of hydrogen-bond donors (Lipinski definition) is 1. The Kier molecular flexibility index (Phi) is 3.50. The summed E-state index contributed by atoms with van der Waals surface area (Å²) in [7, 11) is 0. The first-order valence-electron chi connectivity index (χ1n) is 8.12. The number of urea groups is 1. The van der Waals surface area contributed by atoms with Crippen LogP contribution in [0.2, 0.25) is 0 Å². The van der Waals surface area contributed by atoms with Crippen LogP contribution in [0, 0.1) is 0 Å². The molecule has 124 valence electrons. The van der Waals surface area contributed by atoms with Gasteiger partial charge in [0.1, 0.15) is 5.54 Å². The number of aromatic nitrogens is 1. The standard InChI is InChI=1S/C20H17N3O2/c1-20(16-10-3-2-4-11-16)18(24)23(19(25)22-20)13-15-8-5-7-14-9-6-12-21-17(14)15/h2-12H,13H2,1H3,(H,22,25)/t20-/m1/s1. The van der Waals surface area contributed by atoms with Crippen LogP contribution in [0.15, 0.2) is 66.9 Å². The molecule has 5 nitrogen and oxygen atoms in total. The number of nitrogens with zero attached hydrogens (tertiary/aromatic N) is 2. The van der Waals surface area contributed by atoms with Gasteiger partial charge in [-0.2, -0.15) is 0 Å². The van der Waals surface area contributed by atoms with Gasteiger partial charge in [0.05, 0.1) is 12.1 Å². The van der Waals surface area contributed by atoms with E-state index in [0.717, 1.165) is 22.0 Å². The minimum atomic E-state index is -1.05. The van der Waals surface area contributed by atoms with Crippen molar-refractivity contribution >= 4 is 22.8 Å². The molecule has 1 saturated heterocycles. The molecule has 3 amide bonds. The van der Waals surface area contributed by atoms with Gasteiger partial charge < -0.3 is 5.32 Å². The zero-order chi connectivity index (χ0) is 17.4. The number of carbonyl (C=O) groups excluding carboxylic acids is 2. The van der Waals surface area contributed by atoms with Gasteiger partial charge in [-0.05, 0) is 24.1 Å². The Bertz CT molecular complexity index is 966. The molecule has 1 N–H and O–H groups in total. The van der Waals surface area contributed by atoms with Crippen molar-refractivity contribution in [1.29, 1.82) is 0 Å². The fourth-order valence-corrected chi connectivity index (χ4v) is 3.27. The summed E-state index contributed by atoms with van der Waals surface area (Å²) < 4.78 is 0. The van der Waals surface area contributed by atoms with Crippen LogP contribution in [0.25, 0.3) is 10.9 Å². The molecule has 0 aliphatic carbocycles. The van der Waals surface area contributed by atoms with E-state index in [9.17, 15) is 9.59 Å². The topological polar surface area (TPSA) is 62.3 Å². The van der Waals surface area contributed by atoms with Crippen LogP contribution in [0.4, 0.5) is 4.79 Å². The molecular formula is C20H17N3O2. The molecule has 4 rings (SSSR count). The highest BCUT2D eigenvalue weighted by Gasteiger charge is 2.48. The van der Waals surface area contributed by atoms with Crippen LogP contribution in [0.1, 0.15) is 18.1 Å². The maximum Gasteiger partial charge on any atom is 0.325 e. The van der Waals surface area contributed by atoms with Gasteiger partial charge in [0.2, 0.25) is 0 Å². The van der Waals surface area contributed by atoms with Crippen molar-refractivity contribution in [2.75, 3.05) is 0 Å². The molecule has 2 aromatic carbocycles. The minimum absolute atomic E-state index is 0.196. The number of nitrogens with one attached hydrogen (secondary N) is 1. The van der Waals surface area contributed by atoms with Gasteiger partial charge in [-0.25, -0.2) is 4.79 Å². The Morgan fingerprint density at radius 3 is 2.56 bits per heavy atom. The van der Waals surface area contributed by atoms with E-state index in [1.165, 1.54) is 4.90 Å². The van der Waals surface area contributed by atoms with E-state index in [2.05, 4.69) is 10.3 Å². The fraction of sp³-hybridized carbons (Fsp3) is 0.150. The summed E-state index contributed by atoms with van der Waals surface area (Å²) >= 11 is 0. The third kappa shape index (κ3) is 2.45. The highest BCUT2D eigenvalue weighted by molar-refractivity contribution is 6.07. The number of benzene rings is 2. The lowest BCUT2D eigenvalue weighted by Gasteiger charge is -2.22. The van der Waals surface area contributed by atoms with E-state index < -0.39 is 5.54 Å². The monoisotopic (exact) mass is 331 g/mol. The van der Waals surface area contributed by atoms with Crippen LogP contribution in [-0.4, -0.2) is 21.8 Å². The van der Waals surface area contributed by atoms with Crippen molar-refractivity contribution in [2.45, 2.75) is 19.0 Å². The summed E-state index contributed by atoms with van der Waals surface area (Å²) in [5, 5.41) is 3.82. The van der Waals surface area contributed by atoms with Crippen LogP contribution < -0.4 is 5.32 Å². The Morgan fingerprint density at radius 2 is 1.76 bits per heavy atom. The van der Waals surface area contributed by atoms with Gasteiger partial charge in [0, 0.05) is 11.6 Å². The first-order chi connectivity index (χ1) is 12.1. The second kappa shape index (κ2) is 5.70. The second-order valence-corrected chi connectivity index (χ2v) is 6.30. The van der Waals surface area contributed by atoms with Crippen molar-refractivity contribution in [2.24, 2.45) is 0 Å². The quantitative estimate of drug-likeness (QED) is 0.750. The van der Waals surface area contributed by atoms with E-state index in [4.69, 9.17) is 0 Å². The summed E-state index contributed by atoms with van der Waals surface area (Å²) in [4.78, 5) is 31.1. The summed E-state index contributed by atoms with van der Waals surface area (Å²) in [6.45, 7) is 1.94. The Balaban J connectivity index is 1.70. The van der Waals surface area contributed by atoms with Crippen LogP contribution >= 0.6 is 0 Å². The Hall–Kier alpha value is -3.21. The number of para-hydroxylation sites is 1. The number of carbonyl (C=O) groups is 2. The number of imide groups is 1. The number of rotatable bonds is 3. The van der Waals surface area contributed by atoms with Crippen molar-refractivity contribution in [3.05, 3.63) is 78.0 Å². The molecule has 1 aliphatic rings. The molecule has 0 bridgehead atoms. The average molecular weight is 331 g/mol. The summed E-state index contributed by atoms with van der Waals surface area (Å²) in [5.41, 5.74) is 1.38. The smallest absolute Gasteiger partial charge is 0.319 e. The maximum absolute atomic E-state index is 13.0. The van der Waals surface area contributed by atoms with Crippen LogP contribution in [0.3, 0.4) is 0 Å². The molecule has 1 fully saturated rings. The third-order valence-corrected chi connectivity index (χ3v) is 4.67. The summed E-state index contributed by atoms with van der Waals surface area (Å²) in [6.07, 6.45) is 1.71. The molecule has 0 saturated carbocycles. The first kappa shape index (κ1) is 15.3. The Labute approximate surface area is 145 Å². The van der Waals surface area contributed by atoms with Gasteiger partial charge in [0.25, 0.3) is 5.91 Å². The predicted octanol–water partition coefficient (Wildman–Crippen LogP) is 3.20. The molecule has 0 spiro atoms. The molecule has 2 heterocycles. The second-order valence-electron chi connectivity index (χ2n) is 6.30. The molecule has 0 unspecified atom stereocenters. The predicted molar refractivity (Wildman–Crippen MR) is 94.6 cm³/mol. The lowest BCUT2D eigenvalue weighted by atomic mass is 9.92. The van der Waals surface area contributed by atoms with Gasteiger partial charge in [-0.15, -0.1) is 0 Å². The van der Waals surface area contributed by atoms with E-state index in [1.54, 1.807) is 13.1 Å². The number of fused-ring (bicyclic) bond motifs is 1. The molecule has 5 heteroatoms. The summed E-state index contributed by atoms with van der Waals surface area (Å²) in [6, 6.07) is 18.5. The van der Waals surface area contributed by atoms with Gasteiger partial charge in [-0.3, -0.25) is 14.7 Å². The van der Waals surface area contributed by atoms with Gasteiger partial charge in [0.15, 0.2) is 0 Å². The molecule has 1 aliphatic heterocycles. The van der Waals surface area contributed by atoms with Crippen molar-refractivity contribution in [3.8, 4) is 0 Å². The lowest BCUT2D eigenvalue weighted by Crippen LogP contribution is -2.40. The fourth-order valence-electron chi connectivity index (χ4n) is 3.27. The van der Waals surface area contributed by atoms with Crippen molar-refractivity contribution < 1.29 is 9.59 Å². The number of amides is 3. The molecular weight excluding hydrogens is 314 g/mol. The van der Waals surface area contributed by atoms with Crippen molar-refractivity contribution in [3.63, 3.8) is 0 Å². The van der Waals surface area contributed by atoms with Gasteiger partial charge in [-0.1, -0.05) is 54.6 Å². The van der Waals surface area contributed by atoms with Crippen molar-refractivity contribution in [1.82, 2.24) is 15.2 Å². The van der Waals surface area contributed by atoms with E-state index in [1.807, 2.05) is 60.7 Å². The van der Waals surface area contributed by atoms with Crippen LogP contribution in [-0.2, 0) is 16.9 Å². The van der Waals surface area contributed by atoms with E-state index in [-0.39, 0.29) is 18.5 Å². The SMILES string of the molecule is C[C@]1(c2ccccc2)NC(=O)N(Cc2cccc3cccnc23)C1=O. The zero-order valence-electron chi connectivity index (χ0n) is 13.8. The maximum atomic E-state index is 13.0. The highest BCUT2D eigenvalue weighted by atomic mass is 16.2. The zero-order valence-corrected chi connectivity index (χ0v) is 13.8. The number of hydrogen-bond acceptors (Lipinski definition) is 3. The normalized spacial score (nSPS) is 20.1. The highest BCUT2D eigenvalue weighted by Crippen LogP contribution is 2.30. The molecule has 1 atom stereocenters. The van der Waals surface area contributed by atoms with E-state index in [0.29, 0.717) is 0 Å². The average Bonchev–Trinajstić information content (AvgIpc) is 2.87. The third-order valence-electron chi connectivity index (χ3n) is 4.67. The molecule has 1 aromatic heterocycles. The Morgan fingerprint density at radius 1 is 1.00 bits per heavy atom. The first-order valence-corrected chi connectivity index (χ1v) is 8.12. The van der Waals surface area contributed by atoms with E-state index >= 15 is 0 Å². The molecule has 3 aromatic rings. The lowest BCUT2D eigenvalue weighted by molar-refractivity contribution is -0.131. The largest absolute Gasteiger partial charge is 0.325 e. The molecule has 25 heavy (non-hydrogen) atoms.